The van der Waals surface area contributed by atoms with E-state index in [0.29, 0.717) is 16.6 Å². The summed E-state index contributed by atoms with van der Waals surface area (Å²) in [5, 5.41) is 3.23. The molecule has 4 rings (SSSR count). The van der Waals surface area contributed by atoms with Crippen molar-refractivity contribution < 1.29 is 9.53 Å². The second-order valence-electron chi connectivity index (χ2n) is 5.19. The number of fused-ring (bicyclic) bond motifs is 3. The van der Waals surface area contributed by atoms with Gasteiger partial charge in [-0.05, 0) is 44.0 Å². The molecule has 4 nitrogen and oxygen atoms in total. The number of piperidine rings is 3. The van der Waals surface area contributed by atoms with Crippen molar-refractivity contribution in [1.82, 2.24) is 4.90 Å². The van der Waals surface area contributed by atoms with Crippen LogP contribution in [0, 0.1) is 5.92 Å². The zero-order valence-electron chi connectivity index (χ0n) is 10.6. The van der Waals surface area contributed by atoms with Crippen LogP contribution in [-0.4, -0.2) is 36.7 Å². The molecule has 1 aromatic rings. The average Bonchev–Trinajstić information content (AvgIpc) is 2.43. The van der Waals surface area contributed by atoms with Gasteiger partial charge < -0.3 is 4.74 Å². The second kappa shape index (κ2) is 5.39. The first-order valence-corrected chi connectivity index (χ1v) is 7.05. The van der Waals surface area contributed by atoms with Crippen LogP contribution in [0.1, 0.15) is 12.8 Å². The fourth-order valence-corrected chi connectivity index (χ4v) is 3.07. The molecule has 3 heterocycles. The van der Waals surface area contributed by atoms with Gasteiger partial charge in [-0.3, -0.25) is 10.2 Å². The van der Waals surface area contributed by atoms with Gasteiger partial charge in [0.05, 0.1) is 10.7 Å². The molecule has 3 fully saturated rings. The summed E-state index contributed by atoms with van der Waals surface area (Å²) in [6.45, 7) is 3.13. The van der Waals surface area contributed by atoms with E-state index in [1.165, 1.54) is 0 Å². The number of hydrogen-bond acceptors (Lipinski definition) is 3. The summed E-state index contributed by atoms with van der Waals surface area (Å²) in [4.78, 5) is 14.3. The van der Waals surface area contributed by atoms with E-state index in [4.69, 9.17) is 16.3 Å². The molecule has 0 radical (unpaired) electrons. The highest BCUT2D eigenvalue weighted by Gasteiger charge is 2.36. The van der Waals surface area contributed by atoms with E-state index in [9.17, 15) is 4.79 Å². The zero-order valence-corrected chi connectivity index (χ0v) is 11.4. The van der Waals surface area contributed by atoms with E-state index in [2.05, 4.69) is 10.2 Å². The highest BCUT2D eigenvalue weighted by Crippen LogP contribution is 2.30. The van der Waals surface area contributed by atoms with Crippen LogP contribution < -0.4 is 5.32 Å². The highest BCUT2D eigenvalue weighted by atomic mass is 35.5. The van der Waals surface area contributed by atoms with Crippen LogP contribution in [0.25, 0.3) is 0 Å². The summed E-state index contributed by atoms with van der Waals surface area (Å²) in [6.07, 6.45) is 1.87. The van der Waals surface area contributed by atoms with Gasteiger partial charge in [0.1, 0.15) is 6.10 Å². The van der Waals surface area contributed by atoms with Crippen molar-refractivity contribution in [1.29, 1.82) is 0 Å². The van der Waals surface area contributed by atoms with Crippen molar-refractivity contribution in [3.05, 3.63) is 29.3 Å². The molecule has 1 aromatic carbocycles. The van der Waals surface area contributed by atoms with Gasteiger partial charge in [0, 0.05) is 6.54 Å². The van der Waals surface area contributed by atoms with E-state index >= 15 is 0 Å². The van der Waals surface area contributed by atoms with Crippen LogP contribution in [0.2, 0.25) is 5.02 Å². The predicted octanol–water partition coefficient (Wildman–Crippen LogP) is 2.98. The lowest BCUT2D eigenvalue weighted by molar-refractivity contribution is -0.0289. The number of nitrogens with zero attached hydrogens (tertiary/aromatic N) is 1. The fraction of sp³-hybridized carbons (Fsp3) is 0.500. The fourth-order valence-electron chi connectivity index (χ4n) is 2.88. The molecule has 5 heteroatoms. The summed E-state index contributed by atoms with van der Waals surface area (Å²) in [6, 6.07) is 7.16. The molecule has 3 aliphatic rings. The maximum atomic E-state index is 11.9. The first kappa shape index (κ1) is 12.8. The Balaban J connectivity index is 1.58. The van der Waals surface area contributed by atoms with E-state index < -0.39 is 6.09 Å². The van der Waals surface area contributed by atoms with Crippen LogP contribution in [0.4, 0.5) is 10.5 Å². The van der Waals surface area contributed by atoms with Crippen LogP contribution >= 0.6 is 11.6 Å². The number of rotatable bonds is 2. The highest BCUT2D eigenvalue weighted by molar-refractivity contribution is 6.33. The Morgan fingerprint density at radius 2 is 2.05 bits per heavy atom. The Morgan fingerprint density at radius 1 is 1.32 bits per heavy atom. The summed E-state index contributed by atoms with van der Waals surface area (Å²) in [5.74, 6) is 0.516. The number of benzene rings is 1. The van der Waals surface area contributed by atoms with Gasteiger partial charge in [-0.25, -0.2) is 4.79 Å². The molecular formula is C14H17ClN2O2. The number of amides is 1. The van der Waals surface area contributed by atoms with E-state index in [1.807, 2.05) is 12.1 Å². The Morgan fingerprint density at radius 3 is 2.68 bits per heavy atom. The monoisotopic (exact) mass is 280 g/mol. The summed E-state index contributed by atoms with van der Waals surface area (Å²) >= 11 is 6.00. The van der Waals surface area contributed by atoms with Crippen LogP contribution in [0.5, 0.6) is 0 Å². The first-order valence-electron chi connectivity index (χ1n) is 6.67. The molecule has 1 atom stereocenters. The first-order chi connectivity index (χ1) is 9.22. The molecule has 0 aromatic heterocycles. The molecule has 0 spiro atoms. The normalized spacial score (nSPS) is 29.0. The van der Waals surface area contributed by atoms with E-state index in [1.54, 1.807) is 12.1 Å². The Kier molecular flexibility index (Phi) is 3.62. The number of halogens is 1. The third kappa shape index (κ3) is 2.85. The molecule has 2 bridgehead atoms. The standard InChI is InChI=1S/C14H17ClN2O2/c15-11-3-1-2-4-12(11)16-14(18)19-13-9-17-7-5-10(13)6-8-17/h1-4,10,13H,5-9H2,(H,16,18)/t13-/m1/s1. The predicted molar refractivity (Wildman–Crippen MR) is 74.5 cm³/mol. The lowest BCUT2D eigenvalue weighted by atomic mass is 9.86. The number of hydrogen-bond donors (Lipinski definition) is 1. The van der Waals surface area contributed by atoms with Crippen LogP contribution in [0.15, 0.2) is 24.3 Å². The lowest BCUT2D eigenvalue weighted by Crippen LogP contribution is -2.52. The second-order valence-corrected chi connectivity index (χ2v) is 5.59. The molecule has 3 saturated heterocycles. The molecule has 3 aliphatic heterocycles. The molecule has 0 unspecified atom stereocenters. The van der Waals surface area contributed by atoms with Crippen LogP contribution in [0.3, 0.4) is 0 Å². The number of anilines is 1. The Bertz CT molecular complexity index is 472. The number of carbonyl (C=O) groups is 1. The van der Waals surface area contributed by atoms with Gasteiger partial charge in [-0.15, -0.1) is 0 Å². The van der Waals surface area contributed by atoms with Crippen molar-refractivity contribution >= 4 is 23.4 Å². The van der Waals surface area contributed by atoms with Crippen molar-refractivity contribution in [2.24, 2.45) is 5.92 Å². The number of para-hydroxylation sites is 1. The van der Waals surface area contributed by atoms with Crippen molar-refractivity contribution in [2.45, 2.75) is 18.9 Å². The van der Waals surface area contributed by atoms with Crippen LogP contribution in [-0.2, 0) is 4.74 Å². The minimum absolute atomic E-state index is 0.0185. The number of nitrogens with one attached hydrogen (secondary N) is 1. The van der Waals surface area contributed by atoms with Crippen molar-refractivity contribution in [3.8, 4) is 0 Å². The minimum Gasteiger partial charge on any atom is -0.444 e. The summed E-state index contributed by atoms with van der Waals surface area (Å²) < 4.78 is 5.53. The molecule has 19 heavy (non-hydrogen) atoms. The molecule has 1 amide bonds. The van der Waals surface area contributed by atoms with Gasteiger partial charge >= 0.3 is 6.09 Å². The molecular weight excluding hydrogens is 264 g/mol. The third-order valence-electron chi connectivity index (χ3n) is 3.97. The average molecular weight is 281 g/mol. The molecule has 0 aliphatic carbocycles. The van der Waals surface area contributed by atoms with Crippen molar-refractivity contribution in [2.75, 3.05) is 25.0 Å². The van der Waals surface area contributed by atoms with Crippen molar-refractivity contribution in [3.63, 3.8) is 0 Å². The lowest BCUT2D eigenvalue weighted by Gasteiger charge is -2.43. The van der Waals surface area contributed by atoms with Gasteiger partial charge in [0.25, 0.3) is 0 Å². The topological polar surface area (TPSA) is 41.6 Å². The van der Waals surface area contributed by atoms with Gasteiger partial charge in [0.15, 0.2) is 0 Å². The Labute approximate surface area is 117 Å². The molecule has 102 valence electrons. The maximum Gasteiger partial charge on any atom is 0.411 e. The summed E-state index contributed by atoms with van der Waals surface area (Å²) in [5.41, 5.74) is 0.593. The van der Waals surface area contributed by atoms with Gasteiger partial charge in [-0.1, -0.05) is 23.7 Å². The van der Waals surface area contributed by atoms with Gasteiger partial charge in [0.2, 0.25) is 0 Å². The smallest absolute Gasteiger partial charge is 0.411 e. The number of ether oxygens (including phenoxy) is 1. The van der Waals surface area contributed by atoms with E-state index in [0.717, 1.165) is 32.5 Å². The maximum absolute atomic E-state index is 11.9. The molecule has 0 saturated carbocycles. The minimum atomic E-state index is -0.410. The largest absolute Gasteiger partial charge is 0.444 e. The number of carbonyl (C=O) groups excluding carboxylic acids is 1. The summed E-state index contributed by atoms with van der Waals surface area (Å²) in [7, 11) is 0. The SMILES string of the molecule is O=C(Nc1ccccc1Cl)O[C@@H]1CN2CCC1CC2. The third-order valence-corrected chi connectivity index (χ3v) is 4.29. The molecule has 1 N–H and O–H groups in total. The van der Waals surface area contributed by atoms with E-state index in [-0.39, 0.29) is 6.10 Å². The quantitative estimate of drug-likeness (QED) is 0.905. The Hall–Kier alpha value is -1.26. The van der Waals surface area contributed by atoms with Gasteiger partial charge in [-0.2, -0.15) is 0 Å². The zero-order chi connectivity index (χ0) is 13.2.